The van der Waals surface area contributed by atoms with E-state index in [0.717, 1.165) is 15.6 Å². The number of rotatable bonds is 1. The van der Waals surface area contributed by atoms with Crippen molar-refractivity contribution >= 4 is 28.1 Å². The number of halogens is 1. The fourth-order valence-electron chi connectivity index (χ4n) is 1.02. The first-order valence-corrected chi connectivity index (χ1v) is 4.77. The van der Waals surface area contributed by atoms with Crippen molar-refractivity contribution in [3.8, 4) is 0 Å². The molecule has 0 saturated carbocycles. The Morgan fingerprint density at radius 1 is 1.55 bits per heavy atom. The predicted molar refractivity (Wildman–Crippen MR) is 50.7 cm³/mol. The van der Waals surface area contributed by atoms with Crippen molar-refractivity contribution in [2.24, 2.45) is 0 Å². The van der Waals surface area contributed by atoms with Crippen LogP contribution in [0.5, 0.6) is 0 Å². The van der Waals surface area contributed by atoms with Gasteiger partial charge in [-0.25, -0.2) is 9.50 Å². The maximum atomic E-state index is 4.16. The molecule has 0 atom stereocenters. The van der Waals surface area contributed by atoms with Crippen molar-refractivity contribution in [1.82, 2.24) is 14.6 Å². The third kappa shape index (κ3) is 1.11. The van der Waals surface area contributed by atoms with Crippen molar-refractivity contribution in [2.45, 2.75) is 4.43 Å². The molecule has 4 heteroatoms. The second kappa shape index (κ2) is 2.77. The summed E-state index contributed by atoms with van der Waals surface area (Å²) in [5, 5.41) is 4.05. The molecule has 0 bridgehead atoms. The molecule has 0 fully saturated rings. The third-order valence-electron chi connectivity index (χ3n) is 1.54. The molecule has 0 aromatic carbocycles. The number of fused-ring (bicyclic) bond motifs is 1. The van der Waals surface area contributed by atoms with Crippen molar-refractivity contribution in [3.63, 3.8) is 0 Å². The highest BCUT2D eigenvalue weighted by Crippen LogP contribution is 2.09. The topological polar surface area (TPSA) is 30.2 Å². The molecule has 2 heterocycles. The molecule has 11 heavy (non-hydrogen) atoms. The summed E-state index contributed by atoms with van der Waals surface area (Å²) in [6.07, 6.45) is 3.51. The molecular weight excluding hydrogens is 253 g/mol. The fraction of sp³-hybridized carbons (Fsp3) is 0.143. The van der Waals surface area contributed by atoms with E-state index in [-0.39, 0.29) is 0 Å². The SMILES string of the molecule is ICc1ncnn2cccc12. The van der Waals surface area contributed by atoms with Crippen LogP contribution in [0, 0.1) is 0 Å². The van der Waals surface area contributed by atoms with Gasteiger partial charge in [-0.05, 0) is 12.1 Å². The van der Waals surface area contributed by atoms with Crippen molar-refractivity contribution < 1.29 is 0 Å². The smallest absolute Gasteiger partial charge is 0.136 e. The van der Waals surface area contributed by atoms with Crippen LogP contribution in [0.4, 0.5) is 0 Å². The Bertz CT molecular complexity index is 368. The number of nitrogens with zero attached hydrogens (tertiary/aromatic N) is 3. The van der Waals surface area contributed by atoms with Gasteiger partial charge in [-0.15, -0.1) is 0 Å². The standard InChI is InChI=1S/C7H6IN3/c8-4-6-7-2-1-3-11(7)10-5-9-6/h1-3,5H,4H2. The first-order valence-electron chi connectivity index (χ1n) is 3.25. The molecule has 2 aromatic rings. The molecule has 2 aromatic heterocycles. The van der Waals surface area contributed by atoms with Gasteiger partial charge in [0.2, 0.25) is 0 Å². The average Bonchev–Trinajstić information content (AvgIpc) is 2.50. The molecule has 0 amide bonds. The van der Waals surface area contributed by atoms with Crippen LogP contribution in [0.1, 0.15) is 5.69 Å². The monoisotopic (exact) mass is 259 g/mol. The van der Waals surface area contributed by atoms with E-state index in [1.165, 1.54) is 0 Å². The molecule has 56 valence electrons. The zero-order chi connectivity index (χ0) is 7.68. The molecule has 3 nitrogen and oxygen atoms in total. The molecule has 0 radical (unpaired) electrons. The van der Waals surface area contributed by atoms with Crippen LogP contribution in [-0.2, 0) is 4.43 Å². The van der Waals surface area contributed by atoms with Crippen LogP contribution in [0.15, 0.2) is 24.7 Å². The van der Waals surface area contributed by atoms with Crippen LogP contribution < -0.4 is 0 Å². The lowest BCUT2D eigenvalue weighted by atomic mass is 10.4. The van der Waals surface area contributed by atoms with Crippen LogP contribution in [0.2, 0.25) is 0 Å². The van der Waals surface area contributed by atoms with Gasteiger partial charge in [-0.2, -0.15) is 5.10 Å². The molecule has 0 spiro atoms. The lowest BCUT2D eigenvalue weighted by Crippen LogP contribution is -1.95. The van der Waals surface area contributed by atoms with Gasteiger partial charge in [0.05, 0.1) is 11.2 Å². The summed E-state index contributed by atoms with van der Waals surface area (Å²) in [6.45, 7) is 0. The molecule has 0 aliphatic rings. The average molecular weight is 259 g/mol. The Morgan fingerprint density at radius 3 is 3.27 bits per heavy atom. The van der Waals surface area contributed by atoms with Crippen LogP contribution in [0.25, 0.3) is 5.52 Å². The van der Waals surface area contributed by atoms with Crippen LogP contribution >= 0.6 is 22.6 Å². The highest BCUT2D eigenvalue weighted by molar-refractivity contribution is 14.1. The highest BCUT2D eigenvalue weighted by atomic mass is 127. The van der Waals surface area contributed by atoms with Crippen LogP contribution in [-0.4, -0.2) is 14.6 Å². The largest absolute Gasteiger partial charge is 0.238 e. The van der Waals surface area contributed by atoms with E-state index in [0.29, 0.717) is 0 Å². The molecule has 2 rings (SSSR count). The van der Waals surface area contributed by atoms with E-state index >= 15 is 0 Å². The Balaban J connectivity index is 2.79. The maximum absolute atomic E-state index is 4.16. The van der Waals surface area contributed by atoms with E-state index in [2.05, 4.69) is 32.7 Å². The van der Waals surface area contributed by atoms with E-state index in [1.807, 2.05) is 22.8 Å². The Labute approximate surface area is 77.6 Å². The fourth-order valence-corrected chi connectivity index (χ4v) is 1.61. The van der Waals surface area contributed by atoms with Crippen molar-refractivity contribution in [3.05, 3.63) is 30.4 Å². The van der Waals surface area contributed by atoms with Gasteiger partial charge < -0.3 is 0 Å². The summed E-state index contributed by atoms with van der Waals surface area (Å²) in [6, 6.07) is 3.99. The number of hydrogen-bond acceptors (Lipinski definition) is 2. The minimum Gasteiger partial charge on any atom is -0.238 e. The lowest BCUT2D eigenvalue weighted by molar-refractivity contribution is 0.886. The first-order chi connectivity index (χ1) is 5.42. The van der Waals surface area contributed by atoms with Gasteiger partial charge in [-0.3, -0.25) is 0 Å². The second-order valence-corrected chi connectivity index (χ2v) is 2.94. The predicted octanol–water partition coefficient (Wildman–Crippen LogP) is 1.66. The lowest BCUT2D eigenvalue weighted by Gasteiger charge is -1.96. The normalized spacial score (nSPS) is 10.6. The van der Waals surface area contributed by atoms with Crippen molar-refractivity contribution in [1.29, 1.82) is 0 Å². The molecule has 0 aliphatic heterocycles. The highest BCUT2D eigenvalue weighted by Gasteiger charge is 1.99. The van der Waals surface area contributed by atoms with E-state index in [1.54, 1.807) is 6.33 Å². The summed E-state index contributed by atoms with van der Waals surface area (Å²) in [5.74, 6) is 0. The first kappa shape index (κ1) is 7.02. The van der Waals surface area contributed by atoms with Gasteiger partial charge in [0.15, 0.2) is 0 Å². The van der Waals surface area contributed by atoms with Gasteiger partial charge in [0, 0.05) is 10.6 Å². The molecule has 0 saturated heterocycles. The Hall–Kier alpha value is -0.650. The van der Waals surface area contributed by atoms with Gasteiger partial charge >= 0.3 is 0 Å². The summed E-state index contributed by atoms with van der Waals surface area (Å²) < 4.78 is 2.76. The summed E-state index contributed by atoms with van der Waals surface area (Å²) in [7, 11) is 0. The van der Waals surface area contributed by atoms with E-state index in [4.69, 9.17) is 0 Å². The summed E-state index contributed by atoms with van der Waals surface area (Å²) in [5.41, 5.74) is 2.19. The Morgan fingerprint density at radius 2 is 2.45 bits per heavy atom. The number of alkyl halides is 1. The van der Waals surface area contributed by atoms with Gasteiger partial charge in [0.1, 0.15) is 6.33 Å². The van der Waals surface area contributed by atoms with E-state index in [9.17, 15) is 0 Å². The van der Waals surface area contributed by atoms with E-state index < -0.39 is 0 Å². The summed E-state index contributed by atoms with van der Waals surface area (Å²) in [4.78, 5) is 4.16. The van der Waals surface area contributed by atoms with Crippen molar-refractivity contribution in [2.75, 3.05) is 0 Å². The van der Waals surface area contributed by atoms with Gasteiger partial charge in [0.25, 0.3) is 0 Å². The quantitative estimate of drug-likeness (QED) is 0.576. The van der Waals surface area contributed by atoms with Crippen LogP contribution in [0.3, 0.4) is 0 Å². The minimum absolute atomic E-state index is 0.924. The third-order valence-corrected chi connectivity index (χ3v) is 2.26. The summed E-state index contributed by atoms with van der Waals surface area (Å²) >= 11 is 2.30. The minimum atomic E-state index is 0.924. The molecule has 0 N–H and O–H groups in total. The Kier molecular flexibility index (Phi) is 1.77. The molecule has 0 unspecified atom stereocenters. The second-order valence-electron chi connectivity index (χ2n) is 2.18. The zero-order valence-electron chi connectivity index (χ0n) is 5.74. The molecule has 0 aliphatic carbocycles. The van der Waals surface area contributed by atoms with Gasteiger partial charge in [-0.1, -0.05) is 22.6 Å². The number of hydrogen-bond donors (Lipinski definition) is 0. The maximum Gasteiger partial charge on any atom is 0.136 e. The molecular formula is C7H6IN3. The zero-order valence-corrected chi connectivity index (χ0v) is 7.89. The number of aromatic nitrogens is 3.